The number of pyridine rings is 1. The SMILES string of the molecule is Cc1cc(-c2[nH]c3ccc(C4CCN(C(=O)C(=O)NCC5CCNCC5)CC4)cc3c2C(C)C)cc(C)n1. The van der Waals surface area contributed by atoms with Gasteiger partial charge in [-0.3, -0.25) is 14.6 Å². The first-order chi connectivity index (χ1) is 18.3. The third kappa shape index (κ3) is 5.63. The van der Waals surface area contributed by atoms with Gasteiger partial charge in [0.25, 0.3) is 0 Å². The number of carbonyl (C=O) groups excluding carboxylic acids is 2. The van der Waals surface area contributed by atoms with Crippen molar-refractivity contribution in [2.45, 2.75) is 65.2 Å². The van der Waals surface area contributed by atoms with Crippen LogP contribution >= 0.6 is 0 Å². The van der Waals surface area contributed by atoms with Gasteiger partial charge >= 0.3 is 11.8 Å². The van der Waals surface area contributed by atoms with E-state index in [4.69, 9.17) is 0 Å². The molecule has 0 saturated carbocycles. The fourth-order valence-corrected chi connectivity index (χ4v) is 6.25. The Kier molecular flexibility index (Phi) is 7.84. The second-order valence-electron chi connectivity index (χ2n) is 11.5. The van der Waals surface area contributed by atoms with Crippen molar-refractivity contribution < 1.29 is 9.59 Å². The number of fused-ring (bicyclic) bond motifs is 1. The van der Waals surface area contributed by atoms with Crippen LogP contribution in [0.2, 0.25) is 0 Å². The highest BCUT2D eigenvalue weighted by Crippen LogP contribution is 2.38. The zero-order valence-corrected chi connectivity index (χ0v) is 23.2. The van der Waals surface area contributed by atoms with Crippen LogP contribution in [-0.2, 0) is 9.59 Å². The number of H-pyrrole nitrogens is 1. The van der Waals surface area contributed by atoms with Crippen LogP contribution in [0.3, 0.4) is 0 Å². The molecule has 0 spiro atoms. The second kappa shape index (κ2) is 11.3. The number of benzene rings is 1. The summed E-state index contributed by atoms with van der Waals surface area (Å²) in [6.07, 6.45) is 3.84. The van der Waals surface area contributed by atoms with E-state index in [-0.39, 0.29) is 5.91 Å². The molecule has 0 radical (unpaired) electrons. The van der Waals surface area contributed by atoms with Crippen LogP contribution in [0.25, 0.3) is 22.2 Å². The maximum atomic E-state index is 12.8. The first-order valence-corrected chi connectivity index (χ1v) is 14.2. The molecule has 4 heterocycles. The van der Waals surface area contributed by atoms with E-state index >= 15 is 0 Å². The molecule has 5 rings (SSSR count). The Labute approximate surface area is 225 Å². The summed E-state index contributed by atoms with van der Waals surface area (Å²) in [6.45, 7) is 12.4. The second-order valence-corrected chi connectivity index (χ2v) is 11.5. The summed E-state index contributed by atoms with van der Waals surface area (Å²) in [5.41, 5.74) is 8.21. The summed E-state index contributed by atoms with van der Waals surface area (Å²) in [6, 6.07) is 11.1. The Morgan fingerprint density at radius 3 is 2.37 bits per heavy atom. The normalized spacial score (nSPS) is 17.3. The van der Waals surface area contributed by atoms with E-state index in [0.29, 0.717) is 37.4 Å². The van der Waals surface area contributed by atoms with Crippen LogP contribution in [0, 0.1) is 19.8 Å². The zero-order valence-electron chi connectivity index (χ0n) is 23.2. The smallest absolute Gasteiger partial charge is 0.311 e. The first-order valence-electron chi connectivity index (χ1n) is 14.2. The van der Waals surface area contributed by atoms with E-state index in [0.717, 1.165) is 55.7 Å². The predicted molar refractivity (Wildman–Crippen MR) is 152 cm³/mol. The molecule has 2 fully saturated rings. The summed E-state index contributed by atoms with van der Waals surface area (Å²) in [5.74, 6) is 0.375. The minimum Gasteiger partial charge on any atom is -0.354 e. The molecular formula is C31H41N5O2. The summed E-state index contributed by atoms with van der Waals surface area (Å²) >= 11 is 0. The average Bonchev–Trinajstić information content (AvgIpc) is 3.31. The molecule has 2 amide bonds. The third-order valence-corrected chi connectivity index (χ3v) is 8.27. The van der Waals surface area contributed by atoms with Crippen LogP contribution in [0.15, 0.2) is 30.3 Å². The highest BCUT2D eigenvalue weighted by atomic mass is 16.2. The van der Waals surface area contributed by atoms with Crippen LogP contribution in [0.1, 0.15) is 73.9 Å². The van der Waals surface area contributed by atoms with Crippen molar-refractivity contribution in [2.75, 3.05) is 32.7 Å². The minimum atomic E-state index is -0.452. The lowest BCUT2D eigenvalue weighted by atomic mass is 9.87. The molecule has 3 aromatic rings. The van der Waals surface area contributed by atoms with Gasteiger partial charge in [0.2, 0.25) is 0 Å². The van der Waals surface area contributed by atoms with Crippen molar-refractivity contribution >= 4 is 22.7 Å². The van der Waals surface area contributed by atoms with Gasteiger partial charge in [0.1, 0.15) is 0 Å². The average molecular weight is 516 g/mol. The van der Waals surface area contributed by atoms with E-state index in [1.807, 2.05) is 13.8 Å². The van der Waals surface area contributed by atoms with Crippen molar-refractivity contribution in [3.63, 3.8) is 0 Å². The van der Waals surface area contributed by atoms with Gasteiger partial charge in [0.15, 0.2) is 0 Å². The Balaban J connectivity index is 1.27. The van der Waals surface area contributed by atoms with Gasteiger partial charge in [-0.1, -0.05) is 19.9 Å². The molecule has 2 aromatic heterocycles. The molecule has 2 aliphatic rings. The third-order valence-electron chi connectivity index (χ3n) is 8.27. The molecule has 38 heavy (non-hydrogen) atoms. The maximum Gasteiger partial charge on any atom is 0.311 e. The van der Waals surface area contributed by atoms with Gasteiger partial charge < -0.3 is 20.5 Å². The van der Waals surface area contributed by atoms with Crippen LogP contribution < -0.4 is 10.6 Å². The number of carbonyl (C=O) groups is 2. The standard InChI is InChI=1S/C31H41N5O2/c1-19(2)28-26-17-24(5-6-27(26)35-29(28)25-15-20(3)34-21(4)16-25)23-9-13-36(14-10-23)31(38)30(37)33-18-22-7-11-32-12-8-22/h5-6,15-17,19,22-23,32,35H,7-14,18H2,1-4H3,(H,33,37). The zero-order chi connectivity index (χ0) is 26.8. The number of piperidine rings is 2. The van der Waals surface area contributed by atoms with Gasteiger partial charge in [0.05, 0.1) is 5.69 Å². The number of hydrogen-bond donors (Lipinski definition) is 3. The lowest BCUT2D eigenvalue weighted by Gasteiger charge is -2.32. The van der Waals surface area contributed by atoms with Crippen molar-refractivity contribution in [1.82, 2.24) is 25.5 Å². The van der Waals surface area contributed by atoms with E-state index in [1.54, 1.807) is 4.90 Å². The number of likely N-dealkylation sites (tertiary alicyclic amines) is 1. The molecular weight excluding hydrogens is 474 g/mol. The van der Waals surface area contributed by atoms with Gasteiger partial charge in [-0.05, 0) is 106 Å². The predicted octanol–water partition coefficient (Wildman–Crippen LogP) is 4.79. The molecule has 0 aliphatic carbocycles. The van der Waals surface area contributed by atoms with E-state index < -0.39 is 5.91 Å². The van der Waals surface area contributed by atoms with Gasteiger partial charge in [-0.2, -0.15) is 0 Å². The topological polar surface area (TPSA) is 90.1 Å². The number of nitrogens with zero attached hydrogens (tertiary/aromatic N) is 2. The molecule has 0 unspecified atom stereocenters. The van der Waals surface area contributed by atoms with Crippen LogP contribution in [0.5, 0.6) is 0 Å². The van der Waals surface area contributed by atoms with Gasteiger partial charge in [-0.25, -0.2) is 0 Å². The highest BCUT2D eigenvalue weighted by Gasteiger charge is 2.29. The van der Waals surface area contributed by atoms with Crippen molar-refractivity contribution in [1.29, 1.82) is 0 Å². The molecule has 0 atom stereocenters. The lowest BCUT2D eigenvalue weighted by Crippen LogP contribution is -2.47. The highest BCUT2D eigenvalue weighted by molar-refractivity contribution is 6.35. The number of aromatic amines is 1. The number of nitrogens with one attached hydrogen (secondary N) is 3. The molecule has 2 saturated heterocycles. The molecule has 1 aromatic carbocycles. The number of rotatable bonds is 5. The summed E-state index contributed by atoms with van der Waals surface area (Å²) in [4.78, 5) is 35.3. The molecule has 7 heteroatoms. The van der Waals surface area contributed by atoms with Crippen molar-refractivity contribution in [3.8, 4) is 11.3 Å². The molecule has 7 nitrogen and oxygen atoms in total. The molecule has 0 bridgehead atoms. The number of aromatic nitrogens is 2. The van der Waals surface area contributed by atoms with Crippen LogP contribution in [0.4, 0.5) is 0 Å². The van der Waals surface area contributed by atoms with Crippen molar-refractivity contribution in [2.24, 2.45) is 5.92 Å². The summed E-state index contributed by atoms with van der Waals surface area (Å²) in [7, 11) is 0. The van der Waals surface area contributed by atoms with E-state index in [1.165, 1.54) is 27.8 Å². The fourth-order valence-electron chi connectivity index (χ4n) is 6.25. The monoisotopic (exact) mass is 515 g/mol. The largest absolute Gasteiger partial charge is 0.354 e. The fraction of sp³-hybridized carbons (Fsp3) is 0.516. The Bertz CT molecular complexity index is 1290. The Hall–Kier alpha value is -3.19. The van der Waals surface area contributed by atoms with E-state index in [2.05, 4.69) is 64.8 Å². The lowest BCUT2D eigenvalue weighted by molar-refractivity contribution is -0.146. The summed E-state index contributed by atoms with van der Waals surface area (Å²) < 4.78 is 0. The Morgan fingerprint density at radius 1 is 1.03 bits per heavy atom. The number of amides is 2. The summed E-state index contributed by atoms with van der Waals surface area (Å²) in [5, 5.41) is 7.49. The minimum absolute atomic E-state index is 0.366. The molecule has 3 N–H and O–H groups in total. The maximum absolute atomic E-state index is 12.8. The van der Waals surface area contributed by atoms with Gasteiger partial charge in [-0.15, -0.1) is 0 Å². The van der Waals surface area contributed by atoms with E-state index in [9.17, 15) is 9.59 Å². The quantitative estimate of drug-likeness (QED) is 0.426. The van der Waals surface area contributed by atoms with Gasteiger partial charge in [0, 0.05) is 47.5 Å². The number of hydrogen-bond acceptors (Lipinski definition) is 4. The molecule has 202 valence electrons. The number of aryl methyl sites for hydroxylation is 2. The first kappa shape index (κ1) is 26.4. The molecule has 2 aliphatic heterocycles. The van der Waals surface area contributed by atoms with Crippen LogP contribution in [-0.4, -0.2) is 59.4 Å². The van der Waals surface area contributed by atoms with Crippen molar-refractivity contribution in [3.05, 3.63) is 52.8 Å². The Morgan fingerprint density at radius 2 is 1.71 bits per heavy atom.